The van der Waals surface area contributed by atoms with Crippen LogP contribution in [0, 0.1) is 17.0 Å². The van der Waals surface area contributed by atoms with E-state index in [1.165, 1.54) is 26.4 Å². The van der Waals surface area contributed by atoms with Gasteiger partial charge in [-0.3, -0.25) is 29.7 Å². The maximum atomic E-state index is 12.7. The quantitative estimate of drug-likeness (QED) is 0.0424. The summed E-state index contributed by atoms with van der Waals surface area (Å²) in [5.41, 5.74) is -1.64. The fraction of sp³-hybridized carbons (Fsp3) is 0.286. The van der Waals surface area contributed by atoms with E-state index < -0.39 is 90.4 Å². The van der Waals surface area contributed by atoms with Gasteiger partial charge in [-0.2, -0.15) is 36.1 Å². The summed E-state index contributed by atoms with van der Waals surface area (Å²) in [5.74, 6) is -2.46. The Bertz CT molecular complexity index is 2910. The molecule has 23 nitrogen and oxygen atoms in total. The van der Waals surface area contributed by atoms with Crippen molar-refractivity contribution in [2.24, 2.45) is 0 Å². The number of amides is 1. The fourth-order valence-corrected chi connectivity index (χ4v) is 7.03. The van der Waals surface area contributed by atoms with E-state index in [0.29, 0.717) is 34.8 Å². The molecule has 3 aromatic carbocycles. The van der Waals surface area contributed by atoms with E-state index in [0.717, 1.165) is 28.8 Å². The molecule has 0 aliphatic heterocycles. The lowest BCUT2D eigenvalue weighted by atomic mass is 10.1. The van der Waals surface area contributed by atoms with Crippen LogP contribution in [0.3, 0.4) is 0 Å². The first-order valence-corrected chi connectivity index (χ1v) is 26.5. The minimum absolute atomic E-state index is 0.0111. The van der Waals surface area contributed by atoms with Crippen molar-refractivity contribution in [3.8, 4) is 23.3 Å². The summed E-state index contributed by atoms with van der Waals surface area (Å²) in [6.07, 6.45) is 1.94. The molecular formula is C35H39Cl3F3N8O15PS3. The molecular weight excluding hydrogens is 1060 g/mol. The Morgan fingerprint density at radius 3 is 2.09 bits per heavy atom. The number of nitrogens with zero attached hydrogens (tertiary/aromatic N) is 5. The molecule has 374 valence electrons. The number of hydrogen-bond acceptors (Lipinski definition) is 17. The molecule has 1 unspecified atom stereocenters. The van der Waals surface area contributed by atoms with Crippen LogP contribution in [0.4, 0.5) is 24.5 Å². The number of benzene rings is 3. The van der Waals surface area contributed by atoms with Gasteiger partial charge in [0.25, 0.3) is 32.6 Å². The van der Waals surface area contributed by atoms with Crippen LogP contribution in [0.25, 0.3) is 5.78 Å². The zero-order chi connectivity index (χ0) is 52.1. The number of carboxylic acids is 1. The molecule has 0 spiro atoms. The van der Waals surface area contributed by atoms with E-state index in [2.05, 4.69) is 38.6 Å². The molecule has 5 rings (SSSR count). The molecule has 0 bridgehead atoms. The first-order chi connectivity index (χ1) is 31.2. The van der Waals surface area contributed by atoms with E-state index in [-0.39, 0.29) is 44.8 Å². The van der Waals surface area contributed by atoms with E-state index in [9.17, 15) is 59.2 Å². The number of alkyl halides is 3. The number of carboxylic acid groups (broad SMARTS) is 1. The standard InChI is InChI=1S/C15H10ClF3N2O6S.C14H13Cl2N5O4S.C3H8NO5P.C3H9S/c1-28(25,26)20-14(22)10-7-9(3-4-12(10)21(23)24)27-13-5-2-8(6-11(13)16)15(17,18)19;1-7-4-5-8(15)12(11(7)16)20-26(22,23)14-18-13-17-9(24-2)6-10(25-3)21(13)19-14;5-3(6)1-4-2-10(7,8)9;1-4(2)3/h2-7H,1H3,(H,20,22);4-6,20H,1-3H3;4H,1-2H2,(H,5,6)(H2,7,8,9);1-3H3/q;;;+1/p-1. The summed E-state index contributed by atoms with van der Waals surface area (Å²) in [5, 5.41) is 24.4. The number of rotatable bonds is 14. The van der Waals surface area contributed by atoms with Gasteiger partial charge in [0, 0.05) is 12.1 Å². The topological polar surface area (TPSA) is 333 Å². The zero-order valence-corrected chi connectivity index (χ0v) is 41.6. The van der Waals surface area contributed by atoms with Crippen LogP contribution in [-0.2, 0) is 46.5 Å². The van der Waals surface area contributed by atoms with Crippen LogP contribution in [0.1, 0.15) is 21.5 Å². The summed E-state index contributed by atoms with van der Waals surface area (Å²) in [6, 6.07) is 9.74. The highest BCUT2D eigenvalue weighted by molar-refractivity contribution is 7.94. The normalized spacial score (nSPS) is 12.2. The van der Waals surface area contributed by atoms with Crippen molar-refractivity contribution in [3.63, 3.8) is 0 Å². The fourth-order valence-electron chi connectivity index (χ4n) is 4.43. The number of sulfonamides is 2. The Kier molecular flexibility index (Phi) is 21.5. The Balaban J connectivity index is 0.000000367. The van der Waals surface area contributed by atoms with Gasteiger partial charge in [0.15, 0.2) is 0 Å². The predicted molar refractivity (Wildman–Crippen MR) is 243 cm³/mol. The maximum Gasteiger partial charge on any atom is 0.416 e. The van der Waals surface area contributed by atoms with Crippen molar-refractivity contribution in [1.82, 2.24) is 29.6 Å². The van der Waals surface area contributed by atoms with Gasteiger partial charge in [-0.25, -0.2) is 13.1 Å². The number of fused-ring (bicyclic) bond motifs is 1. The van der Waals surface area contributed by atoms with Crippen LogP contribution in [0.15, 0.2) is 59.8 Å². The number of nitrogens with one attached hydrogen (secondary N) is 3. The van der Waals surface area contributed by atoms with Crippen molar-refractivity contribution >= 4 is 102 Å². The molecule has 1 amide bonds. The third-order valence-electron chi connectivity index (χ3n) is 7.18. The van der Waals surface area contributed by atoms with Crippen molar-refractivity contribution < 1.29 is 78.2 Å². The van der Waals surface area contributed by atoms with Gasteiger partial charge in [-0.1, -0.05) is 40.9 Å². The highest BCUT2D eigenvalue weighted by atomic mass is 35.5. The SMILES string of the molecule is COc1cc(OC)n2nc(S(=O)(=O)Nc3c(Cl)ccc(C)c3Cl)nc2n1.CS(=O)(=O)NC(=O)c1cc(Oc2ccc(C(F)(F)F)cc2Cl)ccc1[N+](=O)[O-].C[S+](C)C.O=C(O)CNCP(=O)([O-])O. The number of methoxy groups -OCH3 is 2. The molecule has 68 heavy (non-hydrogen) atoms. The lowest BCUT2D eigenvalue weighted by molar-refractivity contribution is -0.385. The number of halogens is 6. The number of carbonyl (C=O) groups is 2. The van der Waals surface area contributed by atoms with Crippen LogP contribution in [0.2, 0.25) is 15.1 Å². The number of ether oxygens (including phenoxy) is 3. The van der Waals surface area contributed by atoms with Crippen LogP contribution >= 0.6 is 42.4 Å². The lowest BCUT2D eigenvalue weighted by Gasteiger charge is -2.14. The Labute approximate surface area is 403 Å². The molecule has 33 heteroatoms. The van der Waals surface area contributed by atoms with Gasteiger partial charge in [-0.15, -0.1) is 5.10 Å². The number of hydrogen-bond donors (Lipinski definition) is 5. The molecule has 0 fully saturated rings. The third-order valence-corrected chi connectivity index (χ3v) is 10.6. The lowest BCUT2D eigenvalue weighted by Crippen LogP contribution is -2.29. The Morgan fingerprint density at radius 1 is 0.971 bits per heavy atom. The summed E-state index contributed by atoms with van der Waals surface area (Å²) >= 11 is 18.0. The smallest absolute Gasteiger partial charge is 0.416 e. The zero-order valence-electron chi connectivity index (χ0n) is 36.0. The van der Waals surface area contributed by atoms with E-state index >= 15 is 0 Å². The Morgan fingerprint density at radius 2 is 1.59 bits per heavy atom. The van der Waals surface area contributed by atoms with Gasteiger partial charge < -0.3 is 33.7 Å². The van der Waals surface area contributed by atoms with E-state index in [1.54, 1.807) is 17.7 Å². The highest BCUT2D eigenvalue weighted by Crippen LogP contribution is 2.38. The molecule has 0 radical (unpaired) electrons. The highest BCUT2D eigenvalue weighted by Gasteiger charge is 2.31. The molecule has 5 N–H and O–H groups in total. The molecule has 1 atom stereocenters. The average molecular weight is 1100 g/mol. The Hall–Kier alpha value is -5.23. The second-order valence-electron chi connectivity index (χ2n) is 13.3. The minimum Gasteiger partial charge on any atom is -0.778 e. The van der Waals surface area contributed by atoms with Crippen molar-refractivity contribution in [2.75, 3.05) is 56.8 Å². The number of nitro groups is 1. The number of aliphatic carboxylic acids is 1. The predicted octanol–water partition coefficient (Wildman–Crippen LogP) is 4.96. The first kappa shape index (κ1) is 58.9. The summed E-state index contributed by atoms with van der Waals surface area (Å²) in [4.78, 5) is 57.9. The molecule has 2 aromatic heterocycles. The number of aryl methyl sites for hydroxylation is 1. The van der Waals surface area contributed by atoms with Gasteiger partial charge in [0.05, 0.1) is 89.4 Å². The van der Waals surface area contributed by atoms with Crippen LogP contribution in [-0.4, -0.2) is 115 Å². The van der Waals surface area contributed by atoms with Crippen molar-refractivity contribution in [1.29, 1.82) is 0 Å². The first-order valence-electron chi connectivity index (χ1n) is 17.8. The average Bonchev–Trinajstić information content (AvgIpc) is 3.66. The molecule has 0 saturated heterocycles. The third kappa shape index (κ3) is 19.0. The van der Waals surface area contributed by atoms with Gasteiger partial charge in [0.1, 0.15) is 24.7 Å². The molecule has 2 heterocycles. The molecule has 5 aromatic rings. The number of anilines is 1. The van der Waals surface area contributed by atoms with Crippen molar-refractivity contribution in [3.05, 3.63) is 96.5 Å². The summed E-state index contributed by atoms with van der Waals surface area (Å²) < 4.78 is 116. The van der Waals surface area contributed by atoms with Crippen LogP contribution in [0.5, 0.6) is 23.3 Å². The van der Waals surface area contributed by atoms with Gasteiger partial charge in [0.2, 0.25) is 21.8 Å². The van der Waals surface area contributed by atoms with Gasteiger partial charge >= 0.3 is 12.1 Å². The second-order valence-corrected chi connectivity index (χ2v) is 21.9. The summed E-state index contributed by atoms with van der Waals surface area (Å²) in [7, 11) is -9.08. The molecule has 0 aliphatic rings. The monoisotopic (exact) mass is 1100 g/mol. The van der Waals surface area contributed by atoms with Gasteiger partial charge in [-0.05, 0) is 53.7 Å². The number of aromatic nitrogens is 4. The van der Waals surface area contributed by atoms with Crippen LogP contribution < -0.4 is 33.9 Å². The largest absolute Gasteiger partial charge is 0.778 e. The minimum atomic E-state index is -4.62. The second kappa shape index (κ2) is 24.9. The van der Waals surface area contributed by atoms with E-state index in [4.69, 9.17) is 59.0 Å². The molecule has 0 saturated carbocycles. The summed E-state index contributed by atoms with van der Waals surface area (Å²) in [6.45, 7) is 1.24. The van der Waals surface area contributed by atoms with Crippen molar-refractivity contribution in [2.45, 2.75) is 18.3 Å². The number of carbonyl (C=O) groups excluding carboxylic acids is 1. The molecule has 0 aliphatic carbocycles. The maximum absolute atomic E-state index is 12.7. The number of nitro benzene ring substituents is 1. The van der Waals surface area contributed by atoms with E-state index in [1.807, 2.05) is 5.32 Å².